The number of likely N-dealkylation sites (N-methyl/N-ethyl adjacent to an activating group) is 2. The predicted octanol–water partition coefficient (Wildman–Crippen LogP) is -0.0996. The smallest absolute Gasteiger partial charge is 0.243 e. The minimum Gasteiger partial charge on any atom is -0.348 e. The van der Waals surface area contributed by atoms with Gasteiger partial charge in [0.25, 0.3) is 0 Å². The van der Waals surface area contributed by atoms with Gasteiger partial charge in [-0.05, 0) is 31.3 Å². The minimum atomic E-state index is -0.419. The van der Waals surface area contributed by atoms with Crippen molar-refractivity contribution in [1.82, 2.24) is 15.1 Å². The van der Waals surface area contributed by atoms with E-state index >= 15 is 0 Å². The molecule has 0 atom stereocenters. The highest BCUT2D eigenvalue weighted by Crippen LogP contribution is 2.07. The van der Waals surface area contributed by atoms with Gasteiger partial charge in [0, 0.05) is 19.8 Å². The molecule has 0 aliphatic carbocycles. The van der Waals surface area contributed by atoms with Crippen LogP contribution in [-0.4, -0.2) is 68.3 Å². The lowest BCUT2D eigenvalue weighted by atomic mass is 10.3. The maximum Gasteiger partial charge on any atom is 0.243 e. The van der Waals surface area contributed by atoms with Gasteiger partial charge in [-0.25, -0.2) is 4.39 Å². The zero-order valence-electron chi connectivity index (χ0n) is 13.4. The van der Waals surface area contributed by atoms with E-state index in [2.05, 4.69) is 10.6 Å². The molecule has 126 valence electrons. The average Bonchev–Trinajstić information content (AvgIpc) is 2.47. The first kappa shape index (κ1) is 18.6. The van der Waals surface area contributed by atoms with Crippen molar-refractivity contribution >= 4 is 23.4 Å². The molecular formula is C15H21FN4O3. The molecule has 0 fully saturated rings. The summed E-state index contributed by atoms with van der Waals surface area (Å²) in [6, 6.07) is 5.31. The van der Waals surface area contributed by atoms with Crippen molar-refractivity contribution in [3.05, 3.63) is 30.1 Å². The van der Waals surface area contributed by atoms with Crippen LogP contribution in [0.2, 0.25) is 0 Å². The van der Waals surface area contributed by atoms with Crippen LogP contribution in [0.4, 0.5) is 10.1 Å². The van der Waals surface area contributed by atoms with Crippen molar-refractivity contribution < 1.29 is 18.8 Å². The third-order valence-electron chi connectivity index (χ3n) is 2.89. The Balaban J connectivity index is 2.30. The van der Waals surface area contributed by atoms with E-state index in [-0.39, 0.29) is 31.4 Å². The zero-order chi connectivity index (χ0) is 17.4. The summed E-state index contributed by atoms with van der Waals surface area (Å²) in [5.41, 5.74) is 0.444. The predicted molar refractivity (Wildman–Crippen MR) is 84.2 cm³/mol. The van der Waals surface area contributed by atoms with Crippen molar-refractivity contribution in [3.8, 4) is 0 Å². The zero-order valence-corrected chi connectivity index (χ0v) is 13.4. The van der Waals surface area contributed by atoms with E-state index in [1.54, 1.807) is 26.0 Å². The quantitative estimate of drug-likeness (QED) is 0.734. The summed E-state index contributed by atoms with van der Waals surface area (Å²) in [6.45, 7) is -0.0860. The number of hydrogen-bond donors (Lipinski definition) is 2. The molecule has 0 aliphatic heterocycles. The Labute approximate surface area is 134 Å². The Bertz CT molecular complexity index is 560. The van der Waals surface area contributed by atoms with Crippen LogP contribution >= 0.6 is 0 Å². The van der Waals surface area contributed by atoms with Gasteiger partial charge in [0.15, 0.2) is 0 Å². The van der Waals surface area contributed by atoms with Crippen molar-refractivity contribution in [1.29, 1.82) is 0 Å². The fourth-order valence-electron chi connectivity index (χ4n) is 1.65. The lowest BCUT2D eigenvalue weighted by Crippen LogP contribution is -2.42. The maximum absolute atomic E-state index is 12.7. The van der Waals surface area contributed by atoms with E-state index in [9.17, 15) is 18.8 Å². The SMILES string of the molecule is CN(CC(=O)NCC(=O)Nc1ccc(F)cc1)CC(=O)N(C)C. The monoisotopic (exact) mass is 324 g/mol. The van der Waals surface area contributed by atoms with Crippen LogP contribution in [-0.2, 0) is 14.4 Å². The highest BCUT2D eigenvalue weighted by Gasteiger charge is 2.12. The van der Waals surface area contributed by atoms with Crippen molar-refractivity contribution in [2.24, 2.45) is 0 Å². The van der Waals surface area contributed by atoms with E-state index in [1.807, 2.05) is 0 Å². The van der Waals surface area contributed by atoms with Gasteiger partial charge in [0.05, 0.1) is 19.6 Å². The van der Waals surface area contributed by atoms with Gasteiger partial charge in [-0.2, -0.15) is 0 Å². The number of carbonyl (C=O) groups is 3. The fraction of sp³-hybridized carbons (Fsp3) is 0.400. The number of benzene rings is 1. The first-order valence-corrected chi connectivity index (χ1v) is 6.98. The standard InChI is InChI=1S/C15H21FN4O3/c1-19(2)15(23)10-20(3)9-14(22)17-8-13(21)18-12-6-4-11(16)5-7-12/h4-7H,8-10H2,1-3H3,(H,17,22)(H,18,21). The summed E-state index contributed by atoms with van der Waals surface area (Å²) < 4.78 is 12.7. The number of anilines is 1. The number of amides is 3. The number of carbonyl (C=O) groups excluding carboxylic acids is 3. The van der Waals surface area contributed by atoms with Gasteiger partial charge in [0.1, 0.15) is 5.82 Å². The largest absolute Gasteiger partial charge is 0.348 e. The molecule has 23 heavy (non-hydrogen) atoms. The van der Waals surface area contributed by atoms with Crippen LogP contribution < -0.4 is 10.6 Å². The Kier molecular flexibility index (Phi) is 7.14. The summed E-state index contributed by atoms with van der Waals surface area (Å²) in [5, 5.41) is 4.99. The topological polar surface area (TPSA) is 81.8 Å². The van der Waals surface area contributed by atoms with E-state index < -0.39 is 11.7 Å². The maximum atomic E-state index is 12.7. The third kappa shape index (κ3) is 7.37. The minimum absolute atomic E-state index is 0.00338. The molecule has 0 saturated carbocycles. The Hall–Kier alpha value is -2.48. The summed E-state index contributed by atoms with van der Waals surface area (Å²) in [5.74, 6) is -1.30. The summed E-state index contributed by atoms with van der Waals surface area (Å²) >= 11 is 0. The second-order valence-corrected chi connectivity index (χ2v) is 5.29. The van der Waals surface area contributed by atoms with Crippen molar-refractivity contribution in [2.75, 3.05) is 46.1 Å². The number of hydrogen-bond acceptors (Lipinski definition) is 4. The van der Waals surface area contributed by atoms with Crippen LogP contribution in [0.1, 0.15) is 0 Å². The average molecular weight is 324 g/mol. The van der Waals surface area contributed by atoms with Crippen molar-refractivity contribution in [2.45, 2.75) is 0 Å². The molecule has 3 amide bonds. The molecule has 0 heterocycles. The molecule has 0 saturated heterocycles. The van der Waals surface area contributed by atoms with E-state index in [4.69, 9.17) is 0 Å². The van der Waals surface area contributed by atoms with Crippen LogP contribution in [0, 0.1) is 5.82 Å². The Morgan fingerprint density at radius 1 is 1.00 bits per heavy atom. The number of nitrogens with one attached hydrogen (secondary N) is 2. The Morgan fingerprint density at radius 3 is 2.17 bits per heavy atom. The molecular weight excluding hydrogens is 303 g/mol. The number of nitrogens with zero attached hydrogens (tertiary/aromatic N) is 2. The van der Waals surface area contributed by atoms with Gasteiger partial charge < -0.3 is 15.5 Å². The molecule has 0 unspecified atom stereocenters. The third-order valence-corrected chi connectivity index (χ3v) is 2.89. The second kappa shape index (κ2) is 8.84. The van der Waals surface area contributed by atoms with Gasteiger partial charge in [0.2, 0.25) is 17.7 Å². The molecule has 0 radical (unpaired) electrons. The summed E-state index contributed by atoms with van der Waals surface area (Å²) in [6.07, 6.45) is 0. The molecule has 1 aromatic carbocycles. The van der Waals surface area contributed by atoms with Crippen LogP contribution in [0.25, 0.3) is 0 Å². The van der Waals surface area contributed by atoms with Crippen molar-refractivity contribution in [3.63, 3.8) is 0 Å². The first-order chi connectivity index (χ1) is 10.8. The molecule has 1 rings (SSSR count). The lowest BCUT2D eigenvalue weighted by Gasteiger charge is -2.18. The molecule has 7 nitrogen and oxygen atoms in total. The normalized spacial score (nSPS) is 10.3. The van der Waals surface area contributed by atoms with Crippen LogP contribution in [0.3, 0.4) is 0 Å². The lowest BCUT2D eigenvalue weighted by molar-refractivity contribution is -0.130. The van der Waals surface area contributed by atoms with E-state index in [1.165, 1.54) is 29.2 Å². The summed E-state index contributed by atoms with van der Waals surface area (Å²) in [7, 11) is 4.91. The number of halogens is 1. The van der Waals surface area contributed by atoms with Gasteiger partial charge >= 0.3 is 0 Å². The highest BCUT2D eigenvalue weighted by atomic mass is 19.1. The summed E-state index contributed by atoms with van der Waals surface area (Å²) in [4.78, 5) is 37.8. The number of rotatable bonds is 7. The Morgan fingerprint density at radius 2 is 1.61 bits per heavy atom. The highest BCUT2D eigenvalue weighted by molar-refractivity contribution is 5.94. The molecule has 0 bridgehead atoms. The molecule has 0 aromatic heterocycles. The molecule has 1 aromatic rings. The fourth-order valence-corrected chi connectivity index (χ4v) is 1.65. The van der Waals surface area contributed by atoms with E-state index in [0.29, 0.717) is 5.69 Å². The van der Waals surface area contributed by atoms with Crippen LogP contribution in [0.5, 0.6) is 0 Å². The van der Waals surface area contributed by atoms with Gasteiger partial charge in [-0.15, -0.1) is 0 Å². The van der Waals surface area contributed by atoms with Gasteiger partial charge in [-0.1, -0.05) is 0 Å². The molecule has 8 heteroatoms. The molecule has 2 N–H and O–H groups in total. The molecule has 0 aliphatic rings. The first-order valence-electron chi connectivity index (χ1n) is 6.98. The second-order valence-electron chi connectivity index (χ2n) is 5.29. The van der Waals surface area contributed by atoms with E-state index in [0.717, 1.165) is 0 Å². The van der Waals surface area contributed by atoms with Gasteiger partial charge in [-0.3, -0.25) is 19.3 Å². The van der Waals surface area contributed by atoms with Crippen LogP contribution in [0.15, 0.2) is 24.3 Å². The molecule has 0 spiro atoms.